The number of fused-ring (bicyclic) bond motifs is 1. The summed E-state index contributed by atoms with van der Waals surface area (Å²) in [6, 6.07) is 23.5. The van der Waals surface area contributed by atoms with Gasteiger partial charge in [-0.3, -0.25) is 4.90 Å². The Labute approximate surface area is 207 Å². The second-order valence-electron chi connectivity index (χ2n) is 9.26. The van der Waals surface area contributed by atoms with Crippen LogP contribution < -0.4 is 15.0 Å². The molecule has 3 aromatic carbocycles. The summed E-state index contributed by atoms with van der Waals surface area (Å²) >= 11 is 0. The Bertz CT molecular complexity index is 1120. The number of ether oxygens (including phenoxy) is 2. The Balaban J connectivity index is 1.62. The van der Waals surface area contributed by atoms with E-state index in [4.69, 9.17) is 9.47 Å². The van der Waals surface area contributed by atoms with Crippen LogP contribution in [0, 0.1) is 0 Å². The van der Waals surface area contributed by atoms with E-state index in [0.29, 0.717) is 24.5 Å². The second kappa shape index (κ2) is 11.4. The van der Waals surface area contributed by atoms with Gasteiger partial charge in [-0.2, -0.15) is 0 Å². The van der Waals surface area contributed by atoms with E-state index in [1.165, 1.54) is 4.90 Å². The first kappa shape index (κ1) is 24.8. The highest BCUT2D eigenvalue weighted by Crippen LogP contribution is 2.42. The predicted molar refractivity (Wildman–Crippen MR) is 138 cm³/mol. The van der Waals surface area contributed by atoms with Crippen LogP contribution in [0.25, 0.3) is 0 Å². The highest BCUT2D eigenvalue weighted by atomic mass is 16.6. The zero-order valence-corrected chi connectivity index (χ0v) is 20.6. The molecule has 35 heavy (non-hydrogen) atoms. The number of rotatable bonds is 8. The van der Waals surface area contributed by atoms with Crippen LogP contribution in [0.4, 0.5) is 10.5 Å². The van der Waals surface area contributed by atoms with Crippen molar-refractivity contribution in [3.05, 3.63) is 95.1 Å². The molecule has 2 atom stereocenters. The van der Waals surface area contributed by atoms with Crippen molar-refractivity contribution >= 4 is 11.8 Å². The fourth-order valence-corrected chi connectivity index (χ4v) is 4.57. The number of hydrogen-bond acceptors (Lipinski definition) is 5. The summed E-state index contributed by atoms with van der Waals surface area (Å²) in [5.41, 5.74) is 4.34. The highest BCUT2D eigenvalue weighted by molar-refractivity contribution is 5.91. The average molecular weight is 475 g/mol. The number of anilines is 1. The lowest BCUT2D eigenvalue weighted by Crippen LogP contribution is -2.42. The summed E-state index contributed by atoms with van der Waals surface area (Å²) in [6.07, 6.45) is 0.333. The topological polar surface area (TPSA) is 71.0 Å². The first-order valence-corrected chi connectivity index (χ1v) is 12.1. The third kappa shape index (κ3) is 6.02. The Morgan fingerprint density at radius 3 is 2.26 bits per heavy atom. The van der Waals surface area contributed by atoms with Gasteiger partial charge >= 0.3 is 6.09 Å². The molecule has 1 aliphatic carbocycles. The van der Waals surface area contributed by atoms with E-state index in [2.05, 4.69) is 19.2 Å². The summed E-state index contributed by atoms with van der Waals surface area (Å²) < 4.78 is 11.8. The molecule has 4 rings (SSSR count). The minimum atomic E-state index is -0.670. The second-order valence-corrected chi connectivity index (χ2v) is 9.26. The first-order chi connectivity index (χ1) is 16.9. The predicted octanol–water partition coefficient (Wildman–Crippen LogP) is 5.38. The summed E-state index contributed by atoms with van der Waals surface area (Å²) in [6.45, 7) is 4.71. The molecule has 0 saturated heterocycles. The zero-order chi connectivity index (χ0) is 24.8. The Morgan fingerprint density at radius 2 is 1.63 bits per heavy atom. The lowest BCUT2D eigenvalue weighted by Gasteiger charge is -2.35. The van der Waals surface area contributed by atoms with Crippen LogP contribution in [0.2, 0.25) is 0 Å². The molecule has 184 valence electrons. The standard InChI is InChI=1S/C29H34N2O4/c1-20(2)30-25-16-14-23-24(28(25)32)15-17-26(34-18-21-10-6-4-7-11-21)27(23)31(3)29(33)35-19-22-12-8-5-9-13-22/h4-13,15,17,20,25,28,30,32H,14,16,18-19H2,1-3H3/t25-,28-/m1/s1. The van der Waals surface area contributed by atoms with Gasteiger partial charge in [-0.05, 0) is 41.2 Å². The number of amides is 1. The van der Waals surface area contributed by atoms with Crippen LogP contribution in [0.15, 0.2) is 72.8 Å². The minimum absolute atomic E-state index is 0.0400. The SMILES string of the molecule is CC(C)N[C@@H]1CCc2c(ccc(OCc3ccccc3)c2N(C)C(=O)OCc2ccccc2)[C@H]1O. The Morgan fingerprint density at radius 1 is 1.00 bits per heavy atom. The maximum Gasteiger partial charge on any atom is 0.414 e. The maximum atomic E-state index is 13.1. The van der Waals surface area contributed by atoms with Crippen LogP contribution >= 0.6 is 0 Å². The van der Waals surface area contributed by atoms with Crippen molar-refractivity contribution in [3.8, 4) is 5.75 Å². The lowest BCUT2D eigenvalue weighted by atomic mass is 9.84. The van der Waals surface area contributed by atoms with Crippen molar-refractivity contribution in [2.75, 3.05) is 11.9 Å². The van der Waals surface area contributed by atoms with Crippen molar-refractivity contribution in [1.82, 2.24) is 5.32 Å². The summed E-state index contributed by atoms with van der Waals surface area (Å²) in [7, 11) is 1.70. The minimum Gasteiger partial charge on any atom is -0.487 e. The molecule has 0 aliphatic heterocycles. The average Bonchev–Trinajstić information content (AvgIpc) is 2.88. The number of nitrogens with one attached hydrogen (secondary N) is 1. The Kier molecular flexibility index (Phi) is 8.06. The van der Waals surface area contributed by atoms with Crippen LogP contribution in [-0.2, 0) is 24.4 Å². The molecule has 6 nitrogen and oxygen atoms in total. The van der Waals surface area contributed by atoms with Crippen molar-refractivity contribution in [2.45, 2.75) is 58.1 Å². The third-order valence-electron chi connectivity index (χ3n) is 6.29. The molecule has 1 aliphatic rings. The number of nitrogens with zero attached hydrogens (tertiary/aromatic N) is 1. The van der Waals surface area contributed by atoms with Crippen molar-refractivity contribution in [1.29, 1.82) is 0 Å². The molecule has 3 aromatic rings. The fraction of sp³-hybridized carbons (Fsp3) is 0.345. The van der Waals surface area contributed by atoms with Crippen LogP contribution in [-0.4, -0.2) is 30.3 Å². The van der Waals surface area contributed by atoms with Crippen molar-refractivity contribution < 1.29 is 19.4 Å². The van der Waals surface area contributed by atoms with Crippen molar-refractivity contribution in [2.24, 2.45) is 0 Å². The van der Waals surface area contributed by atoms with Gasteiger partial charge in [0.05, 0.1) is 11.8 Å². The van der Waals surface area contributed by atoms with Crippen LogP contribution in [0.5, 0.6) is 5.75 Å². The monoisotopic (exact) mass is 474 g/mol. The number of benzene rings is 3. The van der Waals surface area contributed by atoms with E-state index < -0.39 is 12.2 Å². The number of carbonyl (C=O) groups is 1. The smallest absolute Gasteiger partial charge is 0.414 e. The van der Waals surface area contributed by atoms with Gasteiger partial charge in [-0.25, -0.2) is 4.79 Å². The van der Waals surface area contributed by atoms with Gasteiger partial charge in [0.15, 0.2) is 0 Å². The molecule has 0 saturated carbocycles. The number of hydrogen-bond donors (Lipinski definition) is 2. The summed E-state index contributed by atoms with van der Waals surface area (Å²) in [4.78, 5) is 14.6. The lowest BCUT2D eigenvalue weighted by molar-refractivity contribution is 0.110. The highest BCUT2D eigenvalue weighted by Gasteiger charge is 2.33. The van der Waals surface area contributed by atoms with Gasteiger partial charge in [0.1, 0.15) is 19.0 Å². The van der Waals surface area contributed by atoms with Crippen LogP contribution in [0.1, 0.15) is 48.6 Å². The van der Waals surface area contributed by atoms with Gasteiger partial charge in [0, 0.05) is 19.1 Å². The van der Waals surface area contributed by atoms with E-state index >= 15 is 0 Å². The van der Waals surface area contributed by atoms with E-state index in [0.717, 1.165) is 28.7 Å². The zero-order valence-electron chi connectivity index (χ0n) is 20.6. The summed E-state index contributed by atoms with van der Waals surface area (Å²) in [5, 5.41) is 14.6. The largest absolute Gasteiger partial charge is 0.487 e. The quantitative estimate of drug-likeness (QED) is 0.458. The molecule has 0 heterocycles. The third-order valence-corrected chi connectivity index (χ3v) is 6.29. The normalized spacial score (nSPS) is 17.1. The molecule has 0 radical (unpaired) electrons. The first-order valence-electron chi connectivity index (χ1n) is 12.1. The van der Waals surface area contributed by atoms with Crippen molar-refractivity contribution in [3.63, 3.8) is 0 Å². The molecular weight excluding hydrogens is 440 g/mol. The Hall–Kier alpha value is -3.35. The van der Waals surface area contributed by atoms with E-state index in [1.807, 2.05) is 72.8 Å². The molecule has 0 bridgehead atoms. The molecular formula is C29H34N2O4. The summed E-state index contributed by atoms with van der Waals surface area (Å²) in [5.74, 6) is 0.592. The number of aliphatic hydroxyl groups excluding tert-OH is 1. The van der Waals surface area contributed by atoms with Gasteiger partial charge in [-0.15, -0.1) is 0 Å². The molecule has 2 N–H and O–H groups in total. The number of carbonyl (C=O) groups excluding carboxylic acids is 1. The van der Waals surface area contributed by atoms with Crippen LogP contribution in [0.3, 0.4) is 0 Å². The van der Waals surface area contributed by atoms with E-state index in [9.17, 15) is 9.90 Å². The molecule has 1 amide bonds. The fourth-order valence-electron chi connectivity index (χ4n) is 4.57. The molecule has 6 heteroatoms. The maximum absolute atomic E-state index is 13.1. The molecule has 0 unspecified atom stereocenters. The van der Waals surface area contributed by atoms with Gasteiger partial charge < -0.3 is 19.9 Å². The van der Waals surface area contributed by atoms with Gasteiger partial charge in [-0.1, -0.05) is 80.6 Å². The molecule has 0 aromatic heterocycles. The molecule has 0 fully saturated rings. The number of aliphatic hydroxyl groups is 1. The van der Waals surface area contributed by atoms with E-state index in [-0.39, 0.29) is 18.7 Å². The molecule has 0 spiro atoms. The van der Waals surface area contributed by atoms with Gasteiger partial charge in [0.25, 0.3) is 0 Å². The van der Waals surface area contributed by atoms with E-state index in [1.54, 1.807) is 7.05 Å². The van der Waals surface area contributed by atoms with Gasteiger partial charge in [0.2, 0.25) is 0 Å².